The lowest BCUT2D eigenvalue weighted by Gasteiger charge is -2.24. The van der Waals surface area contributed by atoms with E-state index < -0.39 is 6.04 Å². The minimum Gasteiger partial charge on any atom is -0.450 e. The molecule has 4 rings (SSSR count). The zero-order valence-corrected chi connectivity index (χ0v) is 14.7. The highest BCUT2D eigenvalue weighted by atomic mass is 79.9. The van der Waals surface area contributed by atoms with Crippen LogP contribution < -0.4 is 5.43 Å². The van der Waals surface area contributed by atoms with Gasteiger partial charge >= 0.3 is 0 Å². The second-order valence-electron chi connectivity index (χ2n) is 5.85. The molecule has 1 aliphatic heterocycles. The summed E-state index contributed by atoms with van der Waals surface area (Å²) in [5.41, 5.74) is 1.29. The first kappa shape index (κ1) is 16.1. The van der Waals surface area contributed by atoms with Crippen LogP contribution in [-0.2, 0) is 0 Å². The summed E-state index contributed by atoms with van der Waals surface area (Å²) in [6.07, 6.45) is 0. The molecule has 1 N–H and O–H groups in total. The molecule has 1 aliphatic rings. The molecule has 2 aromatic carbocycles. The van der Waals surface area contributed by atoms with Crippen molar-refractivity contribution in [1.29, 1.82) is 0 Å². The average molecular weight is 400 g/mol. The summed E-state index contributed by atoms with van der Waals surface area (Å²) in [6, 6.07) is 13.8. The number of carbonyl (C=O) groups excluding carboxylic acids is 1. The van der Waals surface area contributed by atoms with Crippen molar-refractivity contribution in [2.45, 2.75) is 6.04 Å². The van der Waals surface area contributed by atoms with E-state index in [2.05, 4.69) is 15.9 Å². The normalized spacial score (nSPS) is 16.5. The third kappa shape index (κ3) is 2.49. The summed E-state index contributed by atoms with van der Waals surface area (Å²) < 4.78 is 6.62. The smallest absolute Gasteiger partial charge is 0.290 e. The van der Waals surface area contributed by atoms with Gasteiger partial charge in [-0.15, -0.1) is 0 Å². The fourth-order valence-electron chi connectivity index (χ4n) is 3.33. The van der Waals surface area contributed by atoms with E-state index in [4.69, 9.17) is 4.42 Å². The number of para-hydroxylation sites is 1. The maximum absolute atomic E-state index is 13.1. The molecule has 1 atom stereocenters. The molecule has 1 unspecified atom stereocenters. The summed E-state index contributed by atoms with van der Waals surface area (Å²) in [4.78, 5) is 27.4. The van der Waals surface area contributed by atoms with Gasteiger partial charge in [0.15, 0.2) is 5.43 Å². The second kappa shape index (κ2) is 6.13. The molecule has 0 aliphatic carbocycles. The summed E-state index contributed by atoms with van der Waals surface area (Å²) in [7, 11) is 0. The van der Waals surface area contributed by atoms with Gasteiger partial charge in [0.1, 0.15) is 5.58 Å². The van der Waals surface area contributed by atoms with E-state index in [1.54, 1.807) is 24.3 Å². The highest BCUT2D eigenvalue weighted by Crippen LogP contribution is 2.38. The van der Waals surface area contributed by atoms with Crippen molar-refractivity contribution in [2.24, 2.45) is 0 Å². The molecule has 1 amide bonds. The Morgan fingerprint density at radius 1 is 1.12 bits per heavy atom. The average Bonchev–Trinajstić information content (AvgIpc) is 2.89. The third-order valence-electron chi connectivity index (χ3n) is 4.38. The van der Waals surface area contributed by atoms with Crippen molar-refractivity contribution in [3.8, 4) is 0 Å². The maximum Gasteiger partial charge on any atom is 0.290 e. The molecule has 0 saturated heterocycles. The second-order valence-corrected chi connectivity index (χ2v) is 6.77. The Hall–Kier alpha value is -2.44. The van der Waals surface area contributed by atoms with Gasteiger partial charge in [-0.3, -0.25) is 9.59 Å². The molecule has 6 heteroatoms. The topological polar surface area (TPSA) is 70.8 Å². The molecule has 0 spiro atoms. The van der Waals surface area contributed by atoms with Crippen molar-refractivity contribution in [1.82, 2.24) is 4.90 Å². The van der Waals surface area contributed by atoms with Gasteiger partial charge in [0.25, 0.3) is 5.91 Å². The van der Waals surface area contributed by atoms with Gasteiger partial charge < -0.3 is 14.4 Å². The van der Waals surface area contributed by atoms with E-state index >= 15 is 0 Å². The van der Waals surface area contributed by atoms with Gasteiger partial charge in [0.2, 0.25) is 5.76 Å². The van der Waals surface area contributed by atoms with Crippen molar-refractivity contribution >= 4 is 32.8 Å². The van der Waals surface area contributed by atoms with E-state index in [1.165, 1.54) is 4.90 Å². The predicted molar refractivity (Wildman–Crippen MR) is 96.6 cm³/mol. The van der Waals surface area contributed by atoms with E-state index in [-0.39, 0.29) is 30.2 Å². The van der Waals surface area contributed by atoms with Crippen LogP contribution in [0.3, 0.4) is 0 Å². The lowest BCUT2D eigenvalue weighted by atomic mass is 9.98. The zero-order chi connectivity index (χ0) is 17.6. The van der Waals surface area contributed by atoms with Gasteiger partial charge in [-0.25, -0.2) is 0 Å². The number of amides is 1. The van der Waals surface area contributed by atoms with Gasteiger partial charge in [0.05, 0.1) is 23.6 Å². The van der Waals surface area contributed by atoms with E-state index in [0.717, 1.165) is 10.0 Å². The standard InChI is InChI=1S/C19H14BrNO4/c20-12-5-3-4-11(10-12)16-15-17(23)13-6-1-2-7-14(13)25-18(15)19(24)21(16)8-9-22/h1-7,10,16,22H,8-9H2. The first-order chi connectivity index (χ1) is 12.1. The Labute approximate surface area is 151 Å². The van der Waals surface area contributed by atoms with Crippen molar-refractivity contribution < 1.29 is 14.3 Å². The number of aliphatic hydroxyl groups excluding tert-OH is 1. The molecule has 0 saturated carbocycles. The fraction of sp³-hybridized carbons (Fsp3) is 0.158. The molecule has 1 aromatic heterocycles. The van der Waals surface area contributed by atoms with Crippen molar-refractivity contribution in [3.63, 3.8) is 0 Å². The summed E-state index contributed by atoms with van der Waals surface area (Å²) in [5.74, 6) is -0.320. The fourth-order valence-corrected chi connectivity index (χ4v) is 3.75. The maximum atomic E-state index is 13.1. The lowest BCUT2D eigenvalue weighted by molar-refractivity contribution is 0.0691. The van der Waals surface area contributed by atoms with E-state index in [0.29, 0.717) is 16.5 Å². The highest BCUT2D eigenvalue weighted by molar-refractivity contribution is 9.10. The summed E-state index contributed by atoms with van der Waals surface area (Å²) >= 11 is 3.43. The Balaban J connectivity index is 2.02. The SMILES string of the molecule is O=C1c2oc3ccccc3c(=O)c2C(c2cccc(Br)c2)N1CCO. The number of nitrogens with zero attached hydrogens (tertiary/aromatic N) is 1. The molecule has 126 valence electrons. The molecule has 3 aromatic rings. The number of aliphatic hydroxyl groups is 1. The number of halogens is 1. The molecule has 2 heterocycles. The molecule has 0 fully saturated rings. The molecule has 25 heavy (non-hydrogen) atoms. The predicted octanol–water partition coefficient (Wildman–Crippen LogP) is 3.09. The largest absolute Gasteiger partial charge is 0.450 e. The monoisotopic (exact) mass is 399 g/mol. The summed E-state index contributed by atoms with van der Waals surface area (Å²) in [6.45, 7) is -0.0755. The van der Waals surface area contributed by atoms with E-state index in [1.807, 2.05) is 24.3 Å². The van der Waals surface area contributed by atoms with Crippen LogP contribution >= 0.6 is 15.9 Å². The summed E-state index contributed by atoms with van der Waals surface area (Å²) in [5, 5.41) is 9.83. The molecule has 0 radical (unpaired) electrons. The molecule has 0 bridgehead atoms. The number of carbonyl (C=O) groups is 1. The molecular formula is C19H14BrNO4. The van der Waals surface area contributed by atoms with Crippen LogP contribution in [0.4, 0.5) is 0 Å². The van der Waals surface area contributed by atoms with Gasteiger partial charge in [0, 0.05) is 11.0 Å². The number of hydrogen-bond acceptors (Lipinski definition) is 4. The molecular weight excluding hydrogens is 386 g/mol. The van der Waals surface area contributed by atoms with Crippen molar-refractivity contribution in [3.05, 3.63) is 80.1 Å². The number of benzene rings is 2. The number of rotatable bonds is 3. The van der Waals surface area contributed by atoms with Crippen LogP contribution in [0.25, 0.3) is 11.0 Å². The quantitative estimate of drug-likeness (QED) is 0.734. The van der Waals surface area contributed by atoms with Gasteiger partial charge in [-0.2, -0.15) is 0 Å². The minimum absolute atomic E-state index is 0.0575. The van der Waals surface area contributed by atoms with Crippen LogP contribution in [0.1, 0.15) is 27.7 Å². The first-order valence-electron chi connectivity index (χ1n) is 7.85. The Morgan fingerprint density at radius 3 is 2.68 bits per heavy atom. The van der Waals surface area contributed by atoms with Crippen LogP contribution in [0.15, 0.2) is 62.2 Å². The van der Waals surface area contributed by atoms with Crippen LogP contribution in [0.2, 0.25) is 0 Å². The van der Waals surface area contributed by atoms with Crippen molar-refractivity contribution in [2.75, 3.05) is 13.2 Å². The third-order valence-corrected chi connectivity index (χ3v) is 4.87. The van der Waals surface area contributed by atoms with Crippen LogP contribution in [-0.4, -0.2) is 29.1 Å². The zero-order valence-electron chi connectivity index (χ0n) is 13.1. The van der Waals surface area contributed by atoms with Crippen LogP contribution in [0, 0.1) is 0 Å². The van der Waals surface area contributed by atoms with Gasteiger partial charge in [-0.1, -0.05) is 40.2 Å². The Kier molecular flexibility index (Phi) is 3.94. The Bertz CT molecular complexity index is 1040. The number of fused-ring (bicyclic) bond motifs is 2. The Morgan fingerprint density at radius 2 is 1.92 bits per heavy atom. The highest BCUT2D eigenvalue weighted by Gasteiger charge is 2.42. The lowest BCUT2D eigenvalue weighted by Crippen LogP contribution is -2.32. The van der Waals surface area contributed by atoms with E-state index in [9.17, 15) is 14.7 Å². The number of hydrogen-bond donors (Lipinski definition) is 1. The van der Waals surface area contributed by atoms with Gasteiger partial charge in [-0.05, 0) is 29.8 Å². The first-order valence-corrected chi connectivity index (χ1v) is 8.64. The number of β-amino-alcohol motifs (C(OH)–C–C–N with tert-alkyl or cyclic N) is 1. The minimum atomic E-state index is -0.576. The molecule has 5 nitrogen and oxygen atoms in total. The van der Waals surface area contributed by atoms with Crippen LogP contribution in [0.5, 0.6) is 0 Å².